The fourth-order valence-electron chi connectivity index (χ4n) is 2.83. The predicted molar refractivity (Wildman–Crippen MR) is 69.1 cm³/mol. The van der Waals surface area contributed by atoms with E-state index in [0.717, 1.165) is 29.3 Å². The van der Waals surface area contributed by atoms with Crippen LogP contribution in [0.5, 0.6) is 0 Å². The lowest BCUT2D eigenvalue weighted by atomic mass is 10.1. The zero-order valence-corrected chi connectivity index (χ0v) is 10.2. The maximum atomic E-state index is 4.42. The number of aromatic nitrogens is 3. The van der Waals surface area contributed by atoms with Gasteiger partial charge in [-0.15, -0.1) is 0 Å². The van der Waals surface area contributed by atoms with Crippen molar-refractivity contribution in [3.63, 3.8) is 0 Å². The molecule has 1 saturated carbocycles. The van der Waals surface area contributed by atoms with Crippen LogP contribution in [0.1, 0.15) is 25.7 Å². The summed E-state index contributed by atoms with van der Waals surface area (Å²) in [5.41, 5.74) is 0.924. The zero-order chi connectivity index (χ0) is 11.7. The quantitative estimate of drug-likeness (QED) is 0.881. The molecule has 2 aromatic rings. The molecule has 0 bridgehead atoms. The van der Waals surface area contributed by atoms with Gasteiger partial charge in [-0.1, -0.05) is 12.8 Å². The smallest absolute Gasteiger partial charge is 0.142 e. The van der Waals surface area contributed by atoms with Crippen LogP contribution in [0.25, 0.3) is 11.0 Å². The number of nitrogens with one attached hydrogen (secondary N) is 1. The molecule has 2 aromatic heterocycles. The van der Waals surface area contributed by atoms with Crippen molar-refractivity contribution in [1.82, 2.24) is 15.0 Å². The van der Waals surface area contributed by atoms with E-state index in [2.05, 4.69) is 33.0 Å². The Bertz CT molecular complexity index is 499. The van der Waals surface area contributed by atoms with Crippen LogP contribution in [0, 0.1) is 5.92 Å². The van der Waals surface area contributed by atoms with Crippen molar-refractivity contribution in [1.29, 1.82) is 0 Å². The van der Waals surface area contributed by atoms with E-state index in [-0.39, 0.29) is 0 Å². The molecule has 0 amide bonds. The summed E-state index contributed by atoms with van der Waals surface area (Å²) in [5, 5.41) is 1.12. The van der Waals surface area contributed by atoms with Gasteiger partial charge in [0, 0.05) is 19.8 Å². The van der Waals surface area contributed by atoms with Gasteiger partial charge in [0.2, 0.25) is 0 Å². The van der Waals surface area contributed by atoms with Crippen LogP contribution >= 0.6 is 0 Å². The molecular weight excluding hydrogens is 212 g/mol. The van der Waals surface area contributed by atoms with Crippen molar-refractivity contribution in [3.05, 3.63) is 18.6 Å². The molecule has 17 heavy (non-hydrogen) atoms. The molecule has 0 saturated heterocycles. The van der Waals surface area contributed by atoms with Crippen LogP contribution in [0.4, 0.5) is 5.82 Å². The third-order valence-corrected chi connectivity index (χ3v) is 3.70. The summed E-state index contributed by atoms with van der Waals surface area (Å²) in [6.07, 6.45) is 9.08. The lowest BCUT2D eigenvalue weighted by molar-refractivity contribution is 0.545. The molecule has 4 nitrogen and oxygen atoms in total. The monoisotopic (exact) mass is 230 g/mol. The number of fused-ring (bicyclic) bond motifs is 1. The predicted octanol–water partition coefficient (Wildman–Crippen LogP) is 2.58. The highest BCUT2D eigenvalue weighted by molar-refractivity contribution is 5.87. The van der Waals surface area contributed by atoms with Crippen LogP contribution in [0.3, 0.4) is 0 Å². The SMILES string of the molecule is CN(CC1CCCC1)c1ncnc2[nH]ccc12. The number of hydrogen-bond acceptors (Lipinski definition) is 3. The Morgan fingerprint density at radius 2 is 2.18 bits per heavy atom. The molecule has 0 atom stereocenters. The van der Waals surface area contributed by atoms with E-state index < -0.39 is 0 Å². The molecule has 4 heteroatoms. The first-order chi connectivity index (χ1) is 8.34. The van der Waals surface area contributed by atoms with E-state index in [9.17, 15) is 0 Å². The molecule has 1 N–H and O–H groups in total. The van der Waals surface area contributed by atoms with Gasteiger partial charge >= 0.3 is 0 Å². The van der Waals surface area contributed by atoms with Crippen LogP contribution in [0.15, 0.2) is 18.6 Å². The topological polar surface area (TPSA) is 44.8 Å². The van der Waals surface area contributed by atoms with E-state index in [0.29, 0.717) is 0 Å². The molecule has 1 aliphatic rings. The van der Waals surface area contributed by atoms with Gasteiger partial charge < -0.3 is 9.88 Å². The molecule has 1 aliphatic carbocycles. The normalized spacial score (nSPS) is 16.8. The number of H-pyrrole nitrogens is 1. The van der Waals surface area contributed by atoms with E-state index in [1.165, 1.54) is 25.7 Å². The highest BCUT2D eigenvalue weighted by Gasteiger charge is 2.18. The lowest BCUT2D eigenvalue weighted by Gasteiger charge is -2.22. The Hall–Kier alpha value is -1.58. The van der Waals surface area contributed by atoms with E-state index in [4.69, 9.17) is 0 Å². The summed E-state index contributed by atoms with van der Waals surface area (Å²) in [5.74, 6) is 1.88. The van der Waals surface area contributed by atoms with Crippen molar-refractivity contribution >= 4 is 16.9 Å². The van der Waals surface area contributed by atoms with Gasteiger partial charge in [0.25, 0.3) is 0 Å². The average Bonchev–Trinajstić information content (AvgIpc) is 2.97. The maximum Gasteiger partial charge on any atom is 0.142 e. The summed E-state index contributed by atoms with van der Waals surface area (Å²) in [6.45, 7) is 1.11. The second-order valence-corrected chi connectivity index (χ2v) is 4.97. The molecule has 2 heterocycles. The van der Waals surface area contributed by atoms with E-state index in [1.54, 1.807) is 6.33 Å². The van der Waals surface area contributed by atoms with Crippen molar-refractivity contribution < 1.29 is 0 Å². The Morgan fingerprint density at radius 3 is 3.00 bits per heavy atom. The molecule has 0 unspecified atom stereocenters. The molecular formula is C13H18N4. The lowest BCUT2D eigenvalue weighted by Crippen LogP contribution is -2.25. The largest absolute Gasteiger partial charge is 0.359 e. The highest BCUT2D eigenvalue weighted by atomic mass is 15.2. The molecule has 0 spiro atoms. The number of aromatic amines is 1. The highest BCUT2D eigenvalue weighted by Crippen LogP contribution is 2.28. The zero-order valence-electron chi connectivity index (χ0n) is 10.2. The summed E-state index contributed by atoms with van der Waals surface area (Å²) in [7, 11) is 2.13. The number of nitrogens with zero attached hydrogens (tertiary/aromatic N) is 3. The molecule has 1 fully saturated rings. The number of rotatable bonds is 3. The van der Waals surface area contributed by atoms with Gasteiger partial charge in [0.1, 0.15) is 17.8 Å². The molecule has 90 valence electrons. The second-order valence-electron chi connectivity index (χ2n) is 4.97. The fourth-order valence-corrected chi connectivity index (χ4v) is 2.83. The summed E-state index contributed by atoms with van der Waals surface area (Å²) in [4.78, 5) is 14.0. The number of hydrogen-bond donors (Lipinski definition) is 1. The first kappa shape index (κ1) is 10.6. The summed E-state index contributed by atoms with van der Waals surface area (Å²) < 4.78 is 0. The molecule has 3 rings (SSSR count). The minimum Gasteiger partial charge on any atom is -0.359 e. The van der Waals surface area contributed by atoms with Crippen molar-refractivity contribution in [3.8, 4) is 0 Å². The van der Waals surface area contributed by atoms with Crippen LogP contribution in [0.2, 0.25) is 0 Å². The second kappa shape index (κ2) is 4.35. The van der Waals surface area contributed by atoms with Crippen molar-refractivity contribution in [2.75, 3.05) is 18.5 Å². The van der Waals surface area contributed by atoms with E-state index in [1.807, 2.05) is 6.20 Å². The standard InChI is InChI=1S/C13H18N4/c1-17(8-10-4-2-3-5-10)13-11-6-7-14-12(11)15-9-16-13/h6-7,9-10H,2-5,8H2,1H3,(H,14,15,16). The number of anilines is 1. The van der Waals surface area contributed by atoms with Crippen molar-refractivity contribution in [2.45, 2.75) is 25.7 Å². The van der Waals surface area contributed by atoms with Gasteiger partial charge in [-0.25, -0.2) is 9.97 Å². The Labute approximate surface area is 101 Å². The van der Waals surface area contributed by atoms with Crippen LogP contribution in [-0.2, 0) is 0 Å². The van der Waals surface area contributed by atoms with Gasteiger partial charge in [-0.3, -0.25) is 0 Å². The third-order valence-electron chi connectivity index (χ3n) is 3.70. The molecule has 0 radical (unpaired) electrons. The minimum absolute atomic E-state index is 0.837. The Morgan fingerprint density at radius 1 is 1.35 bits per heavy atom. The van der Waals surface area contributed by atoms with Crippen LogP contribution < -0.4 is 4.90 Å². The first-order valence-corrected chi connectivity index (χ1v) is 6.34. The minimum atomic E-state index is 0.837. The van der Waals surface area contributed by atoms with Crippen LogP contribution in [-0.4, -0.2) is 28.5 Å². The summed E-state index contributed by atoms with van der Waals surface area (Å²) in [6, 6.07) is 2.05. The third kappa shape index (κ3) is 1.99. The van der Waals surface area contributed by atoms with E-state index >= 15 is 0 Å². The molecule has 0 aromatic carbocycles. The molecule has 0 aliphatic heterocycles. The Balaban J connectivity index is 1.84. The fraction of sp³-hybridized carbons (Fsp3) is 0.538. The van der Waals surface area contributed by atoms with Crippen molar-refractivity contribution in [2.24, 2.45) is 5.92 Å². The van der Waals surface area contributed by atoms with Gasteiger partial charge in [-0.05, 0) is 24.8 Å². The van der Waals surface area contributed by atoms with Gasteiger partial charge in [0.15, 0.2) is 0 Å². The van der Waals surface area contributed by atoms with Gasteiger partial charge in [-0.2, -0.15) is 0 Å². The maximum absolute atomic E-state index is 4.42. The van der Waals surface area contributed by atoms with Gasteiger partial charge in [0.05, 0.1) is 5.39 Å². The first-order valence-electron chi connectivity index (χ1n) is 6.34. The summed E-state index contributed by atoms with van der Waals surface area (Å²) >= 11 is 0. The average molecular weight is 230 g/mol. The Kier molecular flexibility index (Phi) is 2.71.